The van der Waals surface area contributed by atoms with Crippen molar-refractivity contribution in [2.75, 3.05) is 12.0 Å². The molecule has 0 bridgehead atoms. The van der Waals surface area contributed by atoms with Crippen LogP contribution < -0.4 is 10.6 Å². The average molecular weight is 500 g/mol. The molecule has 0 spiro atoms. The topological polar surface area (TPSA) is 150 Å². The van der Waals surface area contributed by atoms with Crippen molar-refractivity contribution in [3.8, 4) is 22.7 Å². The van der Waals surface area contributed by atoms with Crippen molar-refractivity contribution in [3.63, 3.8) is 0 Å². The van der Waals surface area contributed by atoms with E-state index in [1.165, 1.54) is 18.0 Å². The number of oxazole rings is 1. The lowest BCUT2D eigenvalue weighted by atomic mass is 10.1. The highest BCUT2D eigenvalue weighted by Crippen LogP contribution is 2.26. The van der Waals surface area contributed by atoms with Crippen LogP contribution in [0, 0.1) is 0 Å². The highest BCUT2D eigenvalue weighted by atomic mass is 32.2. The van der Waals surface area contributed by atoms with E-state index in [4.69, 9.17) is 4.42 Å². The molecular weight excluding hydrogens is 470 g/mol. The number of carboxylic acids is 1. The molecule has 1 unspecified atom stereocenters. The summed E-state index contributed by atoms with van der Waals surface area (Å²) in [6.45, 7) is 4.01. The largest absolute Gasteiger partial charge is 0.480 e. The monoisotopic (exact) mass is 499 g/mol. The lowest BCUT2D eigenvalue weighted by Crippen LogP contribution is -2.41. The maximum absolute atomic E-state index is 12.5. The summed E-state index contributed by atoms with van der Waals surface area (Å²) in [5.74, 6) is -0.916. The normalized spacial score (nSPS) is 11.9. The van der Waals surface area contributed by atoms with Crippen molar-refractivity contribution in [3.05, 3.63) is 48.0 Å². The first-order valence-corrected chi connectivity index (χ1v) is 12.7. The Morgan fingerprint density at radius 2 is 1.86 bits per heavy atom. The third-order valence-electron chi connectivity index (χ3n) is 5.49. The van der Waals surface area contributed by atoms with Crippen molar-refractivity contribution >= 4 is 29.5 Å². The van der Waals surface area contributed by atoms with Crippen LogP contribution in [-0.4, -0.2) is 62.2 Å². The van der Waals surface area contributed by atoms with Crippen molar-refractivity contribution < 1.29 is 23.9 Å². The van der Waals surface area contributed by atoms with E-state index in [0.29, 0.717) is 29.0 Å². The smallest absolute Gasteiger partial charge is 0.326 e. The second-order valence-electron chi connectivity index (χ2n) is 7.91. The second kappa shape index (κ2) is 12.2. The molecule has 2 aromatic heterocycles. The molecule has 2 heterocycles. The van der Waals surface area contributed by atoms with Gasteiger partial charge in [-0.2, -0.15) is 16.9 Å². The number of H-pyrrole nitrogens is 1. The number of carbonyl (C=O) groups is 3. The van der Waals surface area contributed by atoms with Gasteiger partial charge in [0.15, 0.2) is 0 Å². The van der Waals surface area contributed by atoms with E-state index >= 15 is 0 Å². The van der Waals surface area contributed by atoms with Crippen LogP contribution >= 0.6 is 11.8 Å². The van der Waals surface area contributed by atoms with Crippen molar-refractivity contribution in [1.29, 1.82) is 0 Å². The fourth-order valence-electron chi connectivity index (χ4n) is 3.39. The number of nitrogens with one attached hydrogen (secondary N) is 3. The highest BCUT2D eigenvalue weighted by molar-refractivity contribution is 7.98. The number of nitrogens with zero attached hydrogens (tertiary/aromatic N) is 2. The number of aliphatic carboxylic acids is 1. The Morgan fingerprint density at radius 1 is 1.11 bits per heavy atom. The van der Waals surface area contributed by atoms with E-state index in [1.54, 1.807) is 24.3 Å². The van der Waals surface area contributed by atoms with Crippen LogP contribution in [0.1, 0.15) is 54.2 Å². The Morgan fingerprint density at radius 3 is 2.54 bits per heavy atom. The lowest BCUT2D eigenvalue weighted by Gasteiger charge is -2.12. The molecule has 3 rings (SSSR count). The SMILES string of the molecule is CCC(CC)NC(=O)c1cnc(-c2cccc(-c3cc(C(=O)NC(CCSC)C(=O)O)[nH]n3)c2)o1. The predicted molar refractivity (Wildman–Crippen MR) is 133 cm³/mol. The minimum Gasteiger partial charge on any atom is -0.480 e. The molecule has 0 aliphatic rings. The van der Waals surface area contributed by atoms with Gasteiger partial charge in [0.2, 0.25) is 11.7 Å². The van der Waals surface area contributed by atoms with Crippen molar-refractivity contribution in [2.45, 2.75) is 45.2 Å². The van der Waals surface area contributed by atoms with Crippen LogP contribution in [0.3, 0.4) is 0 Å². The van der Waals surface area contributed by atoms with E-state index in [-0.39, 0.29) is 29.3 Å². The van der Waals surface area contributed by atoms with Gasteiger partial charge in [0, 0.05) is 17.2 Å². The first-order chi connectivity index (χ1) is 16.9. The van der Waals surface area contributed by atoms with Gasteiger partial charge in [-0.05, 0) is 49.5 Å². The third kappa shape index (κ3) is 6.72. The molecule has 0 radical (unpaired) electrons. The minimum absolute atomic E-state index is 0.0711. The number of thioether (sulfide) groups is 1. The van der Waals surface area contributed by atoms with Crippen LogP contribution in [0.4, 0.5) is 0 Å². The van der Waals surface area contributed by atoms with Gasteiger partial charge in [0.1, 0.15) is 11.7 Å². The number of aromatic nitrogens is 3. The van der Waals surface area contributed by atoms with E-state index in [0.717, 1.165) is 12.8 Å². The summed E-state index contributed by atoms with van der Waals surface area (Å²) < 4.78 is 5.68. The number of amides is 2. The number of hydrogen-bond donors (Lipinski definition) is 4. The lowest BCUT2D eigenvalue weighted by molar-refractivity contribution is -0.139. The molecule has 186 valence electrons. The number of benzene rings is 1. The molecule has 0 saturated carbocycles. The van der Waals surface area contributed by atoms with Crippen molar-refractivity contribution in [1.82, 2.24) is 25.8 Å². The zero-order chi connectivity index (χ0) is 25.4. The van der Waals surface area contributed by atoms with Crippen LogP contribution in [0.25, 0.3) is 22.7 Å². The molecule has 10 nitrogen and oxygen atoms in total. The van der Waals surface area contributed by atoms with E-state index in [9.17, 15) is 19.5 Å². The van der Waals surface area contributed by atoms with Gasteiger partial charge < -0.3 is 20.2 Å². The third-order valence-corrected chi connectivity index (χ3v) is 6.14. The molecule has 0 aliphatic carbocycles. The summed E-state index contributed by atoms with van der Waals surface area (Å²) in [5, 5.41) is 21.6. The van der Waals surface area contributed by atoms with Crippen molar-refractivity contribution in [2.24, 2.45) is 0 Å². The van der Waals surface area contributed by atoms with E-state index in [1.807, 2.05) is 26.2 Å². The molecule has 3 aromatic rings. The molecule has 0 aliphatic heterocycles. The van der Waals surface area contributed by atoms with Gasteiger partial charge in [-0.3, -0.25) is 14.7 Å². The van der Waals surface area contributed by atoms with Crippen LogP contribution in [0.5, 0.6) is 0 Å². The van der Waals surface area contributed by atoms with Gasteiger partial charge in [-0.25, -0.2) is 9.78 Å². The minimum atomic E-state index is -1.08. The summed E-state index contributed by atoms with van der Waals surface area (Å²) in [4.78, 5) is 40.6. The van der Waals surface area contributed by atoms with Crippen LogP contribution in [0.15, 0.2) is 40.9 Å². The summed E-state index contributed by atoms with van der Waals surface area (Å²) in [7, 11) is 0. The maximum atomic E-state index is 12.5. The molecule has 1 atom stereocenters. The standard InChI is InChI=1S/C24H29N5O5S/c1-4-16(5-2)26-22(31)20-13-25-23(34-20)15-8-6-7-14(11-15)18-12-19(29-28-18)21(30)27-17(24(32)33)9-10-35-3/h6-8,11-13,16-17H,4-5,9-10H2,1-3H3,(H,26,31)(H,27,30)(H,28,29)(H,32,33). The Hall–Kier alpha value is -3.60. The number of hydrogen-bond acceptors (Lipinski definition) is 7. The van der Waals surface area contributed by atoms with E-state index in [2.05, 4.69) is 25.8 Å². The van der Waals surface area contributed by atoms with Gasteiger partial charge in [0.05, 0.1) is 11.9 Å². The van der Waals surface area contributed by atoms with Gasteiger partial charge in [0.25, 0.3) is 11.8 Å². The van der Waals surface area contributed by atoms with Crippen LogP contribution in [0.2, 0.25) is 0 Å². The second-order valence-corrected chi connectivity index (χ2v) is 8.90. The summed E-state index contributed by atoms with van der Waals surface area (Å²) in [6, 6.07) is 7.81. The zero-order valence-corrected chi connectivity index (χ0v) is 20.6. The quantitative estimate of drug-likeness (QED) is 0.295. The van der Waals surface area contributed by atoms with Gasteiger partial charge >= 0.3 is 5.97 Å². The molecule has 0 saturated heterocycles. The molecule has 1 aromatic carbocycles. The van der Waals surface area contributed by atoms with Gasteiger partial charge in [-0.15, -0.1) is 0 Å². The fraction of sp³-hybridized carbons (Fsp3) is 0.375. The summed E-state index contributed by atoms with van der Waals surface area (Å²) >= 11 is 1.51. The molecule has 2 amide bonds. The number of aromatic amines is 1. The van der Waals surface area contributed by atoms with Gasteiger partial charge in [-0.1, -0.05) is 26.0 Å². The Labute approximate surface area is 207 Å². The maximum Gasteiger partial charge on any atom is 0.326 e. The Kier molecular flexibility index (Phi) is 9.07. The highest BCUT2D eigenvalue weighted by Gasteiger charge is 2.22. The summed E-state index contributed by atoms with van der Waals surface area (Å²) in [5.41, 5.74) is 1.97. The molecule has 4 N–H and O–H groups in total. The average Bonchev–Trinajstić information content (AvgIpc) is 3.55. The van der Waals surface area contributed by atoms with Crippen LogP contribution in [-0.2, 0) is 4.79 Å². The molecule has 0 fully saturated rings. The fourth-order valence-corrected chi connectivity index (χ4v) is 3.86. The summed E-state index contributed by atoms with van der Waals surface area (Å²) in [6.07, 6.45) is 5.23. The zero-order valence-electron chi connectivity index (χ0n) is 19.8. The number of carboxylic acid groups (broad SMARTS) is 1. The molecule has 11 heteroatoms. The first-order valence-electron chi connectivity index (χ1n) is 11.3. The first kappa shape index (κ1) is 26.0. The molecule has 35 heavy (non-hydrogen) atoms. The molecular formula is C24H29N5O5S. The predicted octanol–water partition coefficient (Wildman–Crippen LogP) is 3.59. The Balaban J connectivity index is 1.73. The number of carbonyl (C=O) groups excluding carboxylic acids is 2. The van der Waals surface area contributed by atoms with E-state index < -0.39 is 17.9 Å². The Bertz CT molecular complexity index is 1170. The number of rotatable bonds is 12.